The number of carbonyl (C=O) groups excluding carboxylic acids is 1. The molecule has 18 heavy (non-hydrogen) atoms. The Hall–Kier alpha value is -1.82. The van der Waals surface area contributed by atoms with Gasteiger partial charge in [-0.05, 0) is 18.6 Å². The topological polar surface area (TPSA) is 63.7 Å². The molecule has 1 aliphatic heterocycles. The number of amides is 1. The summed E-state index contributed by atoms with van der Waals surface area (Å²) in [6, 6.07) is 5.85. The molecule has 0 N–H and O–H groups in total. The third kappa shape index (κ3) is 1.88. The fraction of sp³-hybridized carbons (Fsp3) is 0.250. The van der Waals surface area contributed by atoms with E-state index in [0.29, 0.717) is 5.56 Å². The first-order chi connectivity index (χ1) is 8.48. The first-order valence-corrected chi connectivity index (χ1v) is 6.82. The van der Waals surface area contributed by atoms with E-state index in [9.17, 15) is 13.2 Å². The summed E-state index contributed by atoms with van der Waals surface area (Å²) in [6.45, 7) is 5.20. The number of hydrogen-bond acceptors (Lipinski definition) is 4. The Labute approximate surface area is 106 Å². The van der Waals surface area contributed by atoms with Crippen LogP contribution in [0.5, 0.6) is 0 Å². The van der Waals surface area contributed by atoms with Crippen LogP contribution in [-0.2, 0) is 14.8 Å². The fourth-order valence-electron chi connectivity index (χ4n) is 1.82. The predicted molar refractivity (Wildman–Crippen MR) is 65.5 cm³/mol. The molecular formula is C12H13NO4S. The summed E-state index contributed by atoms with van der Waals surface area (Å²) >= 11 is 0. The minimum atomic E-state index is -3.89. The summed E-state index contributed by atoms with van der Waals surface area (Å²) in [6.07, 6.45) is 0.531. The average Bonchev–Trinajstić information content (AvgIpc) is 2.71. The molecule has 2 rings (SSSR count). The van der Waals surface area contributed by atoms with Gasteiger partial charge in [-0.1, -0.05) is 24.3 Å². The van der Waals surface area contributed by atoms with Crippen LogP contribution in [0.15, 0.2) is 41.8 Å². The number of carbonyl (C=O) groups is 1. The maximum atomic E-state index is 12.4. The van der Waals surface area contributed by atoms with Crippen LogP contribution in [0.25, 0.3) is 0 Å². The molecule has 1 aromatic carbocycles. The Bertz CT molecular complexity index is 594. The van der Waals surface area contributed by atoms with Gasteiger partial charge in [0.25, 0.3) is 10.0 Å². The summed E-state index contributed by atoms with van der Waals surface area (Å²) in [4.78, 5) is 11.7. The number of ether oxygens (including phenoxy) is 1. The van der Waals surface area contributed by atoms with Crippen LogP contribution in [-0.4, -0.2) is 31.5 Å². The van der Waals surface area contributed by atoms with Crippen molar-refractivity contribution in [3.63, 3.8) is 0 Å². The van der Waals surface area contributed by atoms with E-state index in [4.69, 9.17) is 4.74 Å². The number of hydrogen-bond donors (Lipinski definition) is 0. The van der Waals surface area contributed by atoms with Gasteiger partial charge in [0.1, 0.15) is 12.6 Å². The SMILES string of the molecule is C=C[C@H]1COC(=O)N1S(=O)(=O)c1ccccc1C. The van der Waals surface area contributed by atoms with Crippen molar-refractivity contribution in [2.45, 2.75) is 17.9 Å². The normalized spacial score (nSPS) is 19.7. The van der Waals surface area contributed by atoms with Crippen molar-refractivity contribution in [3.05, 3.63) is 42.5 Å². The Morgan fingerprint density at radius 1 is 1.44 bits per heavy atom. The van der Waals surface area contributed by atoms with Crippen LogP contribution in [0.2, 0.25) is 0 Å². The van der Waals surface area contributed by atoms with E-state index in [1.165, 1.54) is 12.1 Å². The van der Waals surface area contributed by atoms with Crippen molar-refractivity contribution in [2.75, 3.05) is 6.61 Å². The van der Waals surface area contributed by atoms with Gasteiger partial charge in [0.05, 0.1) is 4.90 Å². The molecule has 1 fully saturated rings. The minimum Gasteiger partial charge on any atom is -0.446 e. The molecule has 0 aromatic heterocycles. The summed E-state index contributed by atoms with van der Waals surface area (Å²) < 4.78 is 30.3. The average molecular weight is 267 g/mol. The number of rotatable bonds is 3. The van der Waals surface area contributed by atoms with E-state index in [-0.39, 0.29) is 11.5 Å². The highest BCUT2D eigenvalue weighted by Crippen LogP contribution is 2.26. The van der Waals surface area contributed by atoms with Gasteiger partial charge >= 0.3 is 6.09 Å². The first-order valence-electron chi connectivity index (χ1n) is 5.38. The minimum absolute atomic E-state index is 0.00739. The molecule has 6 heteroatoms. The molecule has 1 atom stereocenters. The number of sulfonamides is 1. The second kappa shape index (κ2) is 4.45. The van der Waals surface area contributed by atoms with Crippen molar-refractivity contribution in [1.82, 2.24) is 4.31 Å². The van der Waals surface area contributed by atoms with Crippen molar-refractivity contribution < 1.29 is 17.9 Å². The highest BCUT2D eigenvalue weighted by molar-refractivity contribution is 7.89. The molecule has 5 nitrogen and oxygen atoms in total. The van der Waals surface area contributed by atoms with E-state index in [1.807, 2.05) is 0 Å². The molecule has 1 aliphatic rings. The second-order valence-electron chi connectivity index (χ2n) is 3.95. The van der Waals surface area contributed by atoms with Crippen molar-refractivity contribution in [2.24, 2.45) is 0 Å². The van der Waals surface area contributed by atoms with Crippen LogP contribution < -0.4 is 0 Å². The van der Waals surface area contributed by atoms with E-state index in [1.54, 1.807) is 25.1 Å². The van der Waals surface area contributed by atoms with E-state index >= 15 is 0 Å². The largest absolute Gasteiger partial charge is 0.446 e. The molecular weight excluding hydrogens is 254 g/mol. The fourth-order valence-corrected chi connectivity index (χ4v) is 3.51. The van der Waals surface area contributed by atoms with Crippen LogP contribution in [0.1, 0.15) is 5.56 Å². The van der Waals surface area contributed by atoms with Crippen molar-refractivity contribution in [1.29, 1.82) is 0 Å². The molecule has 0 saturated carbocycles. The third-order valence-electron chi connectivity index (χ3n) is 2.76. The molecule has 1 aromatic rings. The van der Waals surface area contributed by atoms with Crippen LogP contribution in [0.4, 0.5) is 4.79 Å². The lowest BCUT2D eigenvalue weighted by Gasteiger charge is -2.19. The molecule has 0 spiro atoms. The molecule has 0 bridgehead atoms. The lowest BCUT2D eigenvalue weighted by Crippen LogP contribution is -2.38. The quantitative estimate of drug-likeness (QED) is 0.782. The standard InChI is InChI=1S/C12H13NO4S/c1-3-10-8-17-12(14)13(10)18(15,16)11-7-5-4-6-9(11)2/h3-7,10H,1,8H2,2H3/t10-/m0/s1. The monoisotopic (exact) mass is 267 g/mol. The molecule has 1 heterocycles. The van der Waals surface area contributed by atoms with Gasteiger partial charge in [0.15, 0.2) is 0 Å². The highest BCUT2D eigenvalue weighted by atomic mass is 32.2. The van der Waals surface area contributed by atoms with Gasteiger partial charge in [-0.2, -0.15) is 4.31 Å². The van der Waals surface area contributed by atoms with Crippen LogP contribution >= 0.6 is 0 Å². The first kappa shape index (κ1) is 12.6. The zero-order valence-electron chi connectivity index (χ0n) is 9.87. The zero-order valence-corrected chi connectivity index (χ0v) is 10.7. The summed E-state index contributed by atoms with van der Waals surface area (Å²) in [5.74, 6) is 0. The summed E-state index contributed by atoms with van der Waals surface area (Å²) in [5.41, 5.74) is 0.583. The maximum absolute atomic E-state index is 12.4. The number of benzene rings is 1. The van der Waals surface area contributed by atoms with Crippen LogP contribution in [0, 0.1) is 6.92 Å². The molecule has 96 valence electrons. The molecule has 1 saturated heterocycles. The number of aryl methyl sites for hydroxylation is 1. The highest BCUT2D eigenvalue weighted by Gasteiger charge is 2.41. The van der Waals surface area contributed by atoms with Gasteiger partial charge in [-0.25, -0.2) is 13.2 Å². The van der Waals surface area contributed by atoms with Crippen molar-refractivity contribution in [3.8, 4) is 0 Å². The van der Waals surface area contributed by atoms with E-state index in [0.717, 1.165) is 4.31 Å². The lowest BCUT2D eigenvalue weighted by atomic mass is 10.2. The van der Waals surface area contributed by atoms with Gasteiger partial charge < -0.3 is 4.74 Å². The Kier molecular flexibility index (Phi) is 3.13. The Morgan fingerprint density at radius 2 is 2.11 bits per heavy atom. The van der Waals surface area contributed by atoms with Crippen molar-refractivity contribution >= 4 is 16.1 Å². The lowest BCUT2D eigenvalue weighted by molar-refractivity contribution is 0.170. The molecule has 1 amide bonds. The smallest absolute Gasteiger partial charge is 0.424 e. The predicted octanol–water partition coefficient (Wildman–Crippen LogP) is 1.69. The molecule has 0 radical (unpaired) electrons. The van der Waals surface area contributed by atoms with Gasteiger partial charge in [-0.15, -0.1) is 6.58 Å². The summed E-state index contributed by atoms with van der Waals surface area (Å²) in [7, 11) is -3.89. The number of nitrogens with zero attached hydrogens (tertiary/aromatic N) is 1. The van der Waals surface area contributed by atoms with E-state index < -0.39 is 22.2 Å². The second-order valence-corrected chi connectivity index (χ2v) is 5.73. The van der Waals surface area contributed by atoms with Crippen LogP contribution in [0.3, 0.4) is 0 Å². The summed E-state index contributed by atoms with van der Waals surface area (Å²) in [5, 5.41) is 0. The molecule has 0 unspecified atom stereocenters. The Morgan fingerprint density at radius 3 is 2.72 bits per heavy atom. The van der Waals surface area contributed by atoms with Gasteiger partial charge in [0, 0.05) is 0 Å². The van der Waals surface area contributed by atoms with E-state index in [2.05, 4.69) is 6.58 Å². The zero-order chi connectivity index (χ0) is 13.3. The maximum Gasteiger partial charge on any atom is 0.424 e. The molecule has 0 aliphatic carbocycles. The third-order valence-corrected chi connectivity index (χ3v) is 4.71. The van der Waals surface area contributed by atoms with Gasteiger partial charge in [0.2, 0.25) is 0 Å². The van der Waals surface area contributed by atoms with Gasteiger partial charge in [-0.3, -0.25) is 0 Å². The Balaban J connectivity index is 2.52. The number of cyclic esters (lactones) is 1.